The lowest BCUT2D eigenvalue weighted by atomic mass is 10.2. The van der Waals surface area contributed by atoms with E-state index in [0.717, 1.165) is 13.0 Å². The molecule has 2 rings (SSSR count). The van der Waals surface area contributed by atoms with Crippen LogP contribution >= 0.6 is 0 Å². The van der Waals surface area contributed by atoms with E-state index in [9.17, 15) is 8.42 Å². The first-order valence-electron chi connectivity index (χ1n) is 6.10. The van der Waals surface area contributed by atoms with Gasteiger partial charge in [-0.3, -0.25) is 4.68 Å². The molecule has 1 heterocycles. The highest BCUT2D eigenvalue weighted by Crippen LogP contribution is 2.21. The van der Waals surface area contributed by atoms with Crippen molar-refractivity contribution in [3.05, 3.63) is 36.7 Å². The van der Waals surface area contributed by atoms with E-state index in [0.29, 0.717) is 17.9 Å². The first-order valence-corrected chi connectivity index (χ1v) is 7.65. The molecule has 0 spiro atoms. The Balaban J connectivity index is 1.90. The number of sulfonamides is 1. The predicted octanol–water partition coefficient (Wildman–Crippen LogP) is 0.615. The number of benzene rings is 1. The third-order valence-corrected chi connectivity index (χ3v) is 3.70. The van der Waals surface area contributed by atoms with Crippen LogP contribution in [-0.2, 0) is 16.6 Å². The molecule has 20 heavy (non-hydrogen) atoms. The maximum absolute atomic E-state index is 11.2. The van der Waals surface area contributed by atoms with E-state index in [1.54, 1.807) is 12.3 Å². The van der Waals surface area contributed by atoms with Gasteiger partial charge in [0.25, 0.3) is 0 Å². The molecule has 0 fully saturated rings. The van der Waals surface area contributed by atoms with Gasteiger partial charge in [-0.05, 0) is 30.7 Å². The number of nitrogens with zero attached hydrogens (tertiary/aromatic N) is 2. The summed E-state index contributed by atoms with van der Waals surface area (Å²) in [6, 6.07) is 6.27. The van der Waals surface area contributed by atoms with E-state index in [1.807, 2.05) is 16.9 Å². The summed E-state index contributed by atoms with van der Waals surface area (Å²) in [6.45, 7) is 1.51. The van der Waals surface area contributed by atoms with Gasteiger partial charge >= 0.3 is 0 Å². The maximum atomic E-state index is 11.2. The fraction of sp³-hybridized carbons (Fsp3) is 0.250. The van der Waals surface area contributed by atoms with Crippen molar-refractivity contribution >= 4 is 21.4 Å². The summed E-state index contributed by atoms with van der Waals surface area (Å²) < 4.78 is 24.2. The summed E-state index contributed by atoms with van der Waals surface area (Å²) in [5, 5.41) is 12.3. The second-order valence-corrected chi connectivity index (χ2v) is 5.90. The Labute approximate surface area is 117 Å². The number of aromatic nitrogens is 2. The van der Waals surface area contributed by atoms with E-state index in [-0.39, 0.29) is 4.90 Å². The first-order chi connectivity index (χ1) is 9.47. The Morgan fingerprint density at radius 3 is 2.75 bits per heavy atom. The van der Waals surface area contributed by atoms with Crippen LogP contribution in [0.3, 0.4) is 0 Å². The lowest BCUT2D eigenvalue weighted by Crippen LogP contribution is -2.13. The summed E-state index contributed by atoms with van der Waals surface area (Å²) >= 11 is 0. The SMILES string of the molecule is Nc1cc(S(N)(=O)=O)ccc1NCCCn1cccn1. The van der Waals surface area contributed by atoms with Crippen molar-refractivity contribution in [2.45, 2.75) is 17.9 Å². The molecule has 0 bridgehead atoms. The van der Waals surface area contributed by atoms with Gasteiger partial charge in [0.2, 0.25) is 10.0 Å². The van der Waals surface area contributed by atoms with Crippen molar-refractivity contribution in [1.82, 2.24) is 9.78 Å². The molecule has 2 aromatic rings. The minimum Gasteiger partial charge on any atom is -0.397 e. The number of aryl methyl sites for hydroxylation is 1. The highest BCUT2D eigenvalue weighted by atomic mass is 32.2. The molecule has 0 unspecified atom stereocenters. The molecule has 0 aliphatic heterocycles. The fourth-order valence-electron chi connectivity index (χ4n) is 1.78. The number of nitrogens with one attached hydrogen (secondary N) is 1. The summed E-state index contributed by atoms with van der Waals surface area (Å²) in [5.41, 5.74) is 6.84. The van der Waals surface area contributed by atoms with Crippen molar-refractivity contribution in [3.8, 4) is 0 Å². The van der Waals surface area contributed by atoms with Crippen LogP contribution in [0.1, 0.15) is 6.42 Å². The molecule has 5 N–H and O–H groups in total. The van der Waals surface area contributed by atoms with Crippen LogP contribution in [-0.4, -0.2) is 24.7 Å². The molecule has 0 aliphatic rings. The van der Waals surface area contributed by atoms with E-state index >= 15 is 0 Å². The molecule has 0 amide bonds. The number of nitrogens with two attached hydrogens (primary N) is 2. The zero-order valence-electron chi connectivity index (χ0n) is 10.9. The number of hydrogen-bond donors (Lipinski definition) is 3. The van der Waals surface area contributed by atoms with Gasteiger partial charge in [-0.15, -0.1) is 0 Å². The van der Waals surface area contributed by atoms with Crippen LogP contribution in [0.25, 0.3) is 0 Å². The highest BCUT2D eigenvalue weighted by molar-refractivity contribution is 7.89. The van der Waals surface area contributed by atoms with Crippen LogP contribution in [0.4, 0.5) is 11.4 Å². The standard InChI is InChI=1S/C12H17N5O2S/c13-11-9-10(20(14,18)19)3-4-12(11)15-5-1-7-17-8-2-6-16-17/h2-4,6,8-9,15H,1,5,7,13H2,(H2,14,18,19). The van der Waals surface area contributed by atoms with Crippen LogP contribution < -0.4 is 16.2 Å². The monoisotopic (exact) mass is 295 g/mol. The minimum atomic E-state index is -3.72. The van der Waals surface area contributed by atoms with Crippen LogP contribution in [0.15, 0.2) is 41.6 Å². The van der Waals surface area contributed by atoms with E-state index in [2.05, 4.69) is 10.4 Å². The summed E-state index contributed by atoms with van der Waals surface area (Å²) in [7, 11) is -3.72. The first kappa shape index (κ1) is 14.4. The van der Waals surface area contributed by atoms with Crippen molar-refractivity contribution in [1.29, 1.82) is 0 Å². The molecular weight excluding hydrogens is 278 g/mol. The third kappa shape index (κ3) is 3.72. The molecular formula is C12H17N5O2S. The van der Waals surface area contributed by atoms with Crippen molar-refractivity contribution in [2.75, 3.05) is 17.6 Å². The quantitative estimate of drug-likeness (QED) is 0.533. The number of primary sulfonamides is 1. The fourth-order valence-corrected chi connectivity index (χ4v) is 2.32. The Kier molecular flexibility index (Phi) is 4.26. The van der Waals surface area contributed by atoms with Crippen molar-refractivity contribution in [3.63, 3.8) is 0 Å². The Morgan fingerprint density at radius 1 is 1.35 bits per heavy atom. The van der Waals surface area contributed by atoms with Gasteiger partial charge in [-0.2, -0.15) is 5.10 Å². The van der Waals surface area contributed by atoms with E-state index < -0.39 is 10.0 Å². The van der Waals surface area contributed by atoms with Gasteiger partial charge in [0.15, 0.2) is 0 Å². The number of rotatable bonds is 6. The average Bonchev–Trinajstić information content (AvgIpc) is 2.88. The molecule has 1 aromatic heterocycles. The summed E-state index contributed by atoms with van der Waals surface area (Å²) in [4.78, 5) is 0.0112. The van der Waals surface area contributed by atoms with Gasteiger partial charge in [-0.25, -0.2) is 13.6 Å². The second-order valence-electron chi connectivity index (χ2n) is 4.34. The molecule has 1 aromatic carbocycles. The molecule has 0 radical (unpaired) electrons. The summed E-state index contributed by atoms with van der Waals surface area (Å²) in [5.74, 6) is 0. The lowest BCUT2D eigenvalue weighted by Gasteiger charge is -2.10. The van der Waals surface area contributed by atoms with Gasteiger partial charge < -0.3 is 11.1 Å². The Morgan fingerprint density at radius 2 is 2.15 bits per heavy atom. The predicted molar refractivity (Wildman–Crippen MR) is 77.6 cm³/mol. The Bertz CT molecular complexity index is 667. The van der Waals surface area contributed by atoms with Crippen molar-refractivity contribution in [2.24, 2.45) is 5.14 Å². The zero-order chi connectivity index (χ0) is 14.6. The molecule has 8 heteroatoms. The molecule has 0 aliphatic carbocycles. The van der Waals surface area contributed by atoms with E-state index in [1.165, 1.54) is 12.1 Å². The number of nitrogen functional groups attached to an aromatic ring is 1. The molecule has 0 atom stereocenters. The number of hydrogen-bond acceptors (Lipinski definition) is 5. The van der Waals surface area contributed by atoms with Crippen molar-refractivity contribution < 1.29 is 8.42 Å². The van der Waals surface area contributed by atoms with Gasteiger partial charge in [0.1, 0.15) is 0 Å². The van der Waals surface area contributed by atoms with Gasteiger partial charge in [0.05, 0.1) is 16.3 Å². The molecule has 7 nitrogen and oxygen atoms in total. The average molecular weight is 295 g/mol. The maximum Gasteiger partial charge on any atom is 0.238 e. The minimum absolute atomic E-state index is 0.0112. The lowest BCUT2D eigenvalue weighted by molar-refractivity contribution is 0.592. The third-order valence-electron chi connectivity index (χ3n) is 2.79. The molecule has 0 saturated heterocycles. The molecule has 0 saturated carbocycles. The van der Waals surface area contributed by atoms with Gasteiger partial charge in [-0.1, -0.05) is 0 Å². The Hall–Kier alpha value is -2.06. The van der Waals surface area contributed by atoms with E-state index in [4.69, 9.17) is 10.9 Å². The van der Waals surface area contributed by atoms with Crippen LogP contribution in [0, 0.1) is 0 Å². The number of anilines is 2. The van der Waals surface area contributed by atoms with Gasteiger partial charge in [0, 0.05) is 25.5 Å². The second kappa shape index (κ2) is 5.93. The zero-order valence-corrected chi connectivity index (χ0v) is 11.7. The molecule has 108 valence electrons. The smallest absolute Gasteiger partial charge is 0.238 e. The van der Waals surface area contributed by atoms with Crippen LogP contribution in [0.5, 0.6) is 0 Å². The topological polar surface area (TPSA) is 116 Å². The summed E-state index contributed by atoms with van der Waals surface area (Å²) in [6.07, 6.45) is 4.50. The normalized spacial score (nSPS) is 11.4. The van der Waals surface area contributed by atoms with Crippen LogP contribution in [0.2, 0.25) is 0 Å². The highest BCUT2D eigenvalue weighted by Gasteiger charge is 2.09. The largest absolute Gasteiger partial charge is 0.397 e.